The topological polar surface area (TPSA) is 0 Å². The minimum Gasteiger partial charge on any atom is -0.0976 e. The van der Waals surface area contributed by atoms with E-state index in [0.717, 1.165) is 17.9 Å². The molecule has 0 nitrogen and oxygen atoms in total. The fraction of sp³-hybridized carbons (Fsp3) is 0.600. The first-order chi connectivity index (χ1) is 5.08. The van der Waals surface area contributed by atoms with Gasteiger partial charge in [0.1, 0.15) is 0 Å². The SMILES string of the molecule is C=C/C(Cl)=C/C(C)(CC)CC. The van der Waals surface area contributed by atoms with Gasteiger partial charge in [0, 0.05) is 5.03 Å². The minimum absolute atomic E-state index is 0.241. The summed E-state index contributed by atoms with van der Waals surface area (Å²) in [5.41, 5.74) is 0.241. The molecule has 0 aromatic heterocycles. The zero-order valence-corrected chi connectivity index (χ0v) is 8.41. The van der Waals surface area contributed by atoms with Crippen molar-refractivity contribution in [2.24, 2.45) is 5.41 Å². The molecule has 0 N–H and O–H groups in total. The highest BCUT2D eigenvalue weighted by Crippen LogP contribution is 2.29. The quantitative estimate of drug-likeness (QED) is 0.560. The second kappa shape index (κ2) is 4.61. The van der Waals surface area contributed by atoms with Crippen LogP contribution < -0.4 is 0 Å². The van der Waals surface area contributed by atoms with Gasteiger partial charge in [-0.25, -0.2) is 0 Å². The monoisotopic (exact) mass is 172 g/mol. The lowest BCUT2D eigenvalue weighted by molar-refractivity contribution is 0.395. The highest BCUT2D eigenvalue weighted by molar-refractivity contribution is 6.31. The maximum atomic E-state index is 5.85. The van der Waals surface area contributed by atoms with Crippen LogP contribution >= 0.6 is 11.6 Å². The third-order valence-corrected chi connectivity index (χ3v) is 2.56. The van der Waals surface area contributed by atoms with Crippen molar-refractivity contribution in [2.75, 3.05) is 0 Å². The van der Waals surface area contributed by atoms with E-state index in [9.17, 15) is 0 Å². The molecular formula is C10H17Cl. The smallest absolute Gasteiger partial charge is 0.0365 e. The van der Waals surface area contributed by atoms with Gasteiger partial charge in [-0.1, -0.05) is 51.1 Å². The molecule has 0 spiro atoms. The molecule has 0 atom stereocenters. The van der Waals surface area contributed by atoms with Crippen LogP contribution in [0.15, 0.2) is 23.8 Å². The zero-order valence-electron chi connectivity index (χ0n) is 7.65. The highest BCUT2D eigenvalue weighted by atomic mass is 35.5. The van der Waals surface area contributed by atoms with E-state index >= 15 is 0 Å². The summed E-state index contributed by atoms with van der Waals surface area (Å²) in [5.74, 6) is 0. The Labute approximate surface area is 74.9 Å². The number of hydrogen-bond acceptors (Lipinski definition) is 0. The van der Waals surface area contributed by atoms with E-state index in [0.29, 0.717) is 0 Å². The molecule has 0 unspecified atom stereocenters. The van der Waals surface area contributed by atoms with E-state index in [4.69, 9.17) is 11.6 Å². The lowest BCUT2D eigenvalue weighted by Gasteiger charge is -2.22. The van der Waals surface area contributed by atoms with Crippen LogP contribution in [-0.2, 0) is 0 Å². The molecule has 64 valence electrons. The van der Waals surface area contributed by atoms with Crippen LogP contribution in [0.1, 0.15) is 33.6 Å². The lowest BCUT2D eigenvalue weighted by atomic mass is 9.84. The van der Waals surface area contributed by atoms with E-state index in [1.165, 1.54) is 0 Å². The van der Waals surface area contributed by atoms with E-state index in [-0.39, 0.29) is 5.41 Å². The Morgan fingerprint density at radius 2 is 1.91 bits per heavy atom. The van der Waals surface area contributed by atoms with E-state index in [2.05, 4.69) is 33.4 Å². The van der Waals surface area contributed by atoms with Gasteiger partial charge in [0.05, 0.1) is 0 Å². The van der Waals surface area contributed by atoms with Crippen LogP contribution in [0.3, 0.4) is 0 Å². The van der Waals surface area contributed by atoms with Gasteiger partial charge >= 0.3 is 0 Å². The fourth-order valence-electron chi connectivity index (χ4n) is 0.846. The van der Waals surface area contributed by atoms with E-state index in [1.807, 2.05) is 0 Å². The summed E-state index contributed by atoms with van der Waals surface area (Å²) in [4.78, 5) is 0. The largest absolute Gasteiger partial charge is 0.0976 e. The molecule has 0 heterocycles. The predicted octanol–water partition coefficient (Wildman–Crippen LogP) is 4.12. The van der Waals surface area contributed by atoms with Crippen molar-refractivity contribution in [1.82, 2.24) is 0 Å². The van der Waals surface area contributed by atoms with Crippen molar-refractivity contribution in [1.29, 1.82) is 0 Å². The summed E-state index contributed by atoms with van der Waals surface area (Å²) in [5, 5.41) is 0.760. The van der Waals surface area contributed by atoms with Gasteiger partial charge in [-0.05, 0) is 18.3 Å². The van der Waals surface area contributed by atoms with Crippen molar-refractivity contribution in [2.45, 2.75) is 33.6 Å². The van der Waals surface area contributed by atoms with Gasteiger partial charge in [-0.3, -0.25) is 0 Å². The summed E-state index contributed by atoms with van der Waals surface area (Å²) in [6.07, 6.45) is 6.01. The maximum absolute atomic E-state index is 5.85. The Kier molecular flexibility index (Phi) is 4.51. The van der Waals surface area contributed by atoms with Gasteiger partial charge in [0.25, 0.3) is 0 Å². The second-order valence-electron chi connectivity index (χ2n) is 3.09. The number of halogens is 1. The summed E-state index contributed by atoms with van der Waals surface area (Å²) < 4.78 is 0. The third kappa shape index (κ3) is 3.62. The van der Waals surface area contributed by atoms with Crippen LogP contribution in [0.2, 0.25) is 0 Å². The number of hydrogen-bond donors (Lipinski definition) is 0. The average Bonchev–Trinajstić information content (AvgIpc) is 2.04. The van der Waals surface area contributed by atoms with Gasteiger partial charge in [0.15, 0.2) is 0 Å². The predicted molar refractivity (Wildman–Crippen MR) is 52.8 cm³/mol. The van der Waals surface area contributed by atoms with Crippen LogP contribution in [0.25, 0.3) is 0 Å². The highest BCUT2D eigenvalue weighted by Gasteiger charge is 2.15. The fourth-order valence-corrected chi connectivity index (χ4v) is 1.11. The average molecular weight is 173 g/mol. The summed E-state index contributed by atoms with van der Waals surface area (Å²) in [7, 11) is 0. The molecule has 0 aliphatic rings. The summed E-state index contributed by atoms with van der Waals surface area (Å²) >= 11 is 5.85. The van der Waals surface area contributed by atoms with Crippen molar-refractivity contribution in [3.8, 4) is 0 Å². The van der Waals surface area contributed by atoms with Gasteiger partial charge < -0.3 is 0 Å². The molecule has 0 aromatic rings. The Bertz CT molecular complexity index is 152. The lowest BCUT2D eigenvalue weighted by Crippen LogP contribution is -2.09. The summed E-state index contributed by atoms with van der Waals surface area (Å²) in [6.45, 7) is 10.2. The van der Waals surface area contributed by atoms with Crippen molar-refractivity contribution in [3.63, 3.8) is 0 Å². The normalized spacial score (nSPS) is 13.3. The third-order valence-electron chi connectivity index (χ3n) is 2.30. The first kappa shape index (κ1) is 10.8. The minimum atomic E-state index is 0.241. The summed E-state index contributed by atoms with van der Waals surface area (Å²) in [6, 6.07) is 0. The van der Waals surface area contributed by atoms with Crippen molar-refractivity contribution in [3.05, 3.63) is 23.8 Å². The molecule has 0 saturated carbocycles. The second-order valence-corrected chi connectivity index (χ2v) is 3.53. The van der Waals surface area contributed by atoms with Crippen LogP contribution in [0.4, 0.5) is 0 Å². The first-order valence-corrected chi connectivity index (χ1v) is 4.46. The van der Waals surface area contributed by atoms with Crippen LogP contribution in [0.5, 0.6) is 0 Å². The number of allylic oxidation sites excluding steroid dienone is 3. The maximum Gasteiger partial charge on any atom is 0.0365 e. The van der Waals surface area contributed by atoms with Crippen LogP contribution in [0, 0.1) is 5.41 Å². The molecule has 0 aliphatic heterocycles. The van der Waals surface area contributed by atoms with Crippen molar-refractivity contribution < 1.29 is 0 Å². The molecule has 0 saturated heterocycles. The molecular weight excluding hydrogens is 156 g/mol. The molecule has 0 aliphatic carbocycles. The standard InChI is InChI=1S/C10H17Cl/c1-5-9(11)8-10(4,6-2)7-3/h5,8H,1,6-7H2,2-4H3/b9-8-. The van der Waals surface area contributed by atoms with Crippen LogP contribution in [-0.4, -0.2) is 0 Å². The van der Waals surface area contributed by atoms with Gasteiger partial charge in [0.2, 0.25) is 0 Å². The molecule has 0 amide bonds. The molecule has 0 aromatic carbocycles. The Balaban J connectivity index is 4.39. The molecule has 0 fully saturated rings. The van der Waals surface area contributed by atoms with Gasteiger partial charge in [-0.2, -0.15) is 0 Å². The van der Waals surface area contributed by atoms with E-state index < -0.39 is 0 Å². The number of rotatable bonds is 4. The molecule has 1 heteroatoms. The first-order valence-electron chi connectivity index (χ1n) is 4.08. The zero-order chi connectivity index (χ0) is 8.91. The van der Waals surface area contributed by atoms with Crippen molar-refractivity contribution >= 4 is 11.6 Å². The Hall–Kier alpha value is -0.230. The molecule has 0 radical (unpaired) electrons. The van der Waals surface area contributed by atoms with Gasteiger partial charge in [-0.15, -0.1) is 0 Å². The molecule has 11 heavy (non-hydrogen) atoms. The van der Waals surface area contributed by atoms with E-state index in [1.54, 1.807) is 6.08 Å². The molecule has 0 rings (SSSR count). The Morgan fingerprint density at radius 1 is 1.45 bits per heavy atom. The molecule has 0 bridgehead atoms. The Morgan fingerprint density at radius 3 is 2.18 bits per heavy atom.